The highest BCUT2D eigenvalue weighted by atomic mass is 16.5. The topological polar surface area (TPSA) is 81.3 Å². The third-order valence-electron chi connectivity index (χ3n) is 1.51. The minimum atomic E-state index is -0.688. The number of hydrogen-bond donors (Lipinski definition) is 1. The van der Waals surface area contributed by atoms with Crippen LogP contribution in [-0.2, 0) is 14.3 Å². The van der Waals surface area contributed by atoms with E-state index in [1.54, 1.807) is 0 Å². The molecule has 0 fully saturated rings. The van der Waals surface area contributed by atoms with E-state index in [-0.39, 0.29) is 11.3 Å². The Balaban J connectivity index is 2.94. The van der Waals surface area contributed by atoms with Crippen LogP contribution < -0.4 is 0 Å². The van der Waals surface area contributed by atoms with Crippen molar-refractivity contribution in [1.29, 1.82) is 0 Å². The molecule has 0 spiro atoms. The van der Waals surface area contributed by atoms with E-state index in [2.05, 4.69) is 31.5 Å². The molecule has 0 aliphatic heterocycles. The molecule has 6 nitrogen and oxygen atoms in total. The maximum atomic E-state index is 11.1. The van der Waals surface area contributed by atoms with E-state index < -0.39 is 11.9 Å². The Morgan fingerprint density at radius 1 is 1.40 bits per heavy atom. The average Bonchev–Trinajstić information content (AvgIpc) is 2.72. The summed E-state index contributed by atoms with van der Waals surface area (Å²) in [7, 11) is 2.45. The molecule has 0 radical (unpaired) electrons. The van der Waals surface area contributed by atoms with Gasteiger partial charge in [-0.2, -0.15) is 5.10 Å². The molecule has 0 bridgehead atoms. The van der Waals surface area contributed by atoms with E-state index in [1.807, 2.05) is 0 Å². The van der Waals surface area contributed by atoms with Crippen molar-refractivity contribution in [3.8, 4) is 11.8 Å². The molecular formula is C9H8N2O4. The van der Waals surface area contributed by atoms with Gasteiger partial charge in [-0.1, -0.05) is 5.92 Å². The van der Waals surface area contributed by atoms with Crippen molar-refractivity contribution in [3.05, 3.63) is 17.5 Å². The van der Waals surface area contributed by atoms with Gasteiger partial charge in [0.05, 0.1) is 26.0 Å². The number of H-pyrrole nitrogens is 1. The van der Waals surface area contributed by atoms with Crippen molar-refractivity contribution < 1.29 is 19.1 Å². The lowest BCUT2D eigenvalue weighted by atomic mass is 10.2. The van der Waals surface area contributed by atoms with Crippen molar-refractivity contribution in [1.82, 2.24) is 10.2 Å². The molecule has 0 amide bonds. The van der Waals surface area contributed by atoms with Gasteiger partial charge in [-0.3, -0.25) is 5.10 Å². The van der Waals surface area contributed by atoms with Crippen molar-refractivity contribution in [2.75, 3.05) is 14.2 Å². The van der Waals surface area contributed by atoms with Gasteiger partial charge in [0.25, 0.3) is 0 Å². The van der Waals surface area contributed by atoms with Crippen LogP contribution in [0.5, 0.6) is 0 Å². The normalized spacial score (nSPS) is 8.67. The predicted octanol–water partition coefficient (Wildman–Crippen LogP) is -0.279. The van der Waals surface area contributed by atoms with E-state index in [4.69, 9.17) is 0 Å². The zero-order chi connectivity index (χ0) is 11.3. The maximum Gasteiger partial charge on any atom is 0.384 e. The minimum absolute atomic E-state index is 0.105. The van der Waals surface area contributed by atoms with Crippen molar-refractivity contribution in [3.63, 3.8) is 0 Å². The average molecular weight is 208 g/mol. The summed E-state index contributed by atoms with van der Waals surface area (Å²) in [5.74, 6) is 3.33. The molecule has 1 rings (SSSR count). The van der Waals surface area contributed by atoms with E-state index in [0.717, 1.165) is 0 Å². The standard InChI is InChI=1S/C9H8N2O4/c1-14-7(12)4-3-6-5-10-11-8(6)9(13)15-2/h5H,1-2H3,(H,10,11). The minimum Gasteiger partial charge on any atom is -0.464 e. The highest BCUT2D eigenvalue weighted by Crippen LogP contribution is 2.03. The van der Waals surface area contributed by atoms with E-state index in [1.165, 1.54) is 20.4 Å². The number of rotatable bonds is 1. The fourth-order valence-electron chi connectivity index (χ4n) is 0.808. The highest BCUT2D eigenvalue weighted by molar-refractivity contribution is 5.92. The summed E-state index contributed by atoms with van der Waals surface area (Å²) in [6, 6.07) is 0. The van der Waals surface area contributed by atoms with Crippen LogP contribution in [0.15, 0.2) is 6.20 Å². The molecule has 15 heavy (non-hydrogen) atoms. The number of aromatic nitrogens is 2. The van der Waals surface area contributed by atoms with Gasteiger partial charge in [0.1, 0.15) is 0 Å². The second kappa shape index (κ2) is 4.81. The van der Waals surface area contributed by atoms with Gasteiger partial charge in [0.15, 0.2) is 5.69 Å². The number of hydrogen-bond acceptors (Lipinski definition) is 5. The Hall–Kier alpha value is -2.29. The summed E-state index contributed by atoms with van der Waals surface area (Å²) in [4.78, 5) is 21.8. The van der Waals surface area contributed by atoms with Crippen LogP contribution in [0.1, 0.15) is 16.1 Å². The van der Waals surface area contributed by atoms with E-state index in [9.17, 15) is 9.59 Å². The van der Waals surface area contributed by atoms with E-state index >= 15 is 0 Å². The first-order chi connectivity index (χ1) is 7.19. The molecule has 0 unspecified atom stereocenters. The predicted molar refractivity (Wildman–Crippen MR) is 48.8 cm³/mol. The quantitative estimate of drug-likeness (QED) is 0.507. The number of methoxy groups -OCH3 is 2. The third kappa shape index (κ3) is 2.57. The molecule has 0 atom stereocenters. The zero-order valence-electron chi connectivity index (χ0n) is 8.16. The Morgan fingerprint density at radius 3 is 2.73 bits per heavy atom. The molecule has 0 saturated carbocycles. The lowest BCUT2D eigenvalue weighted by molar-refractivity contribution is -0.133. The lowest BCUT2D eigenvalue weighted by Gasteiger charge is -1.93. The van der Waals surface area contributed by atoms with Crippen molar-refractivity contribution in [2.24, 2.45) is 0 Å². The summed E-state index contributed by atoms with van der Waals surface area (Å²) in [6.07, 6.45) is 1.32. The van der Waals surface area contributed by atoms with Gasteiger partial charge in [-0.15, -0.1) is 0 Å². The zero-order valence-corrected chi connectivity index (χ0v) is 8.16. The van der Waals surface area contributed by atoms with Crippen LogP contribution in [0, 0.1) is 11.8 Å². The molecule has 1 aromatic rings. The number of esters is 2. The Bertz CT molecular complexity index is 438. The van der Waals surface area contributed by atoms with Gasteiger partial charge in [0.2, 0.25) is 0 Å². The number of ether oxygens (including phenoxy) is 2. The largest absolute Gasteiger partial charge is 0.464 e. The summed E-state index contributed by atoms with van der Waals surface area (Å²) in [5, 5.41) is 6.03. The van der Waals surface area contributed by atoms with Gasteiger partial charge < -0.3 is 9.47 Å². The number of nitrogens with one attached hydrogen (secondary N) is 1. The number of aromatic amines is 1. The lowest BCUT2D eigenvalue weighted by Crippen LogP contribution is -2.04. The van der Waals surface area contributed by atoms with Crippen molar-refractivity contribution in [2.45, 2.75) is 0 Å². The molecule has 0 saturated heterocycles. The Labute approximate surface area is 85.6 Å². The molecule has 78 valence electrons. The number of carbonyl (C=O) groups excluding carboxylic acids is 2. The van der Waals surface area contributed by atoms with Gasteiger partial charge in [0, 0.05) is 5.92 Å². The first-order valence-electron chi connectivity index (χ1n) is 3.90. The SMILES string of the molecule is COC(=O)C#Cc1cn[nH]c1C(=O)OC. The summed E-state index contributed by atoms with van der Waals surface area (Å²) in [5.41, 5.74) is 0.390. The summed E-state index contributed by atoms with van der Waals surface area (Å²) >= 11 is 0. The molecule has 0 aromatic carbocycles. The number of nitrogens with zero attached hydrogens (tertiary/aromatic N) is 1. The number of carbonyl (C=O) groups is 2. The van der Waals surface area contributed by atoms with Crippen LogP contribution in [0.2, 0.25) is 0 Å². The molecule has 6 heteroatoms. The summed E-state index contributed by atoms with van der Waals surface area (Å²) in [6.45, 7) is 0. The Morgan fingerprint density at radius 2 is 2.13 bits per heavy atom. The van der Waals surface area contributed by atoms with Crippen LogP contribution in [0.4, 0.5) is 0 Å². The molecule has 0 aliphatic rings. The monoisotopic (exact) mass is 208 g/mol. The van der Waals surface area contributed by atoms with Crippen molar-refractivity contribution >= 4 is 11.9 Å². The molecule has 1 heterocycles. The van der Waals surface area contributed by atoms with Gasteiger partial charge in [-0.05, 0) is 0 Å². The molecule has 0 aliphatic carbocycles. The third-order valence-corrected chi connectivity index (χ3v) is 1.51. The van der Waals surface area contributed by atoms with Crippen LogP contribution in [-0.4, -0.2) is 36.4 Å². The second-order valence-corrected chi connectivity index (χ2v) is 2.39. The summed E-state index contributed by atoms with van der Waals surface area (Å²) < 4.78 is 8.79. The fraction of sp³-hybridized carbons (Fsp3) is 0.222. The van der Waals surface area contributed by atoms with Gasteiger partial charge >= 0.3 is 11.9 Å². The van der Waals surface area contributed by atoms with Crippen LogP contribution in [0.3, 0.4) is 0 Å². The molecular weight excluding hydrogens is 200 g/mol. The second-order valence-electron chi connectivity index (χ2n) is 2.39. The first-order valence-corrected chi connectivity index (χ1v) is 3.90. The van der Waals surface area contributed by atoms with Crippen LogP contribution in [0.25, 0.3) is 0 Å². The van der Waals surface area contributed by atoms with E-state index in [0.29, 0.717) is 0 Å². The van der Waals surface area contributed by atoms with Crippen LogP contribution >= 0.6 is 0 Å². The Kier molecular flexibility index (Phi) is 3.46. The first kappa shape index (κ1) is 10.8. The highest BCUT2D eigenvalue weighted by Gasteiger charge is 2.12. The fourth-order valence-corrected chi connectivity index (χ4v) is 0.808. The maximum absolute atomic E-state index is 11.1. The molecule has 1 N–H and O–H groups in total. The smallest absolute Gasteiger partial charge is 0.384 e. The molecule has 1 aromatic heterocycles. The van der Waals surface area contributed by atoms with Gasteiger partial charge in [-0.25, -0.2) is 9.59 Å².